The molecule has 7 heteroatoms. The van der Waals surface area contributed by atoms with Gasteiger partial charge < -0.3 is 9.84 Å². The Bertz CT molecular complexity index is 541. The maximum Gasteiger partial charge on any atom is 0.379 e. The molecule has 102 valence electrons. The van der Waals surface area contributed by atoms with Crippen molar-refractivity contribution in [2.75, 3.05) is 0 Å². The second kappa shape index (κ2) is 4.77. The highest BCUT2D eigenvalue weighted by atomic mass is 35.5. The van der Waals surface area contributed by atoms with E-state index in [4.69, 9.17) is 21.4 Å². The van der Waals surface area contributed by atoms with Crippen molar-refractivity contribution in [2.45, 2.75) is 24.9 Å². The second-order valence-electron chi connectivity index (χ2n) is 4.17. The number of rotatable bonds is 5. The van der Waals surface area contributed by atoms with Crippen LogP contribution >= 0.6 is 11.6 Å². The summed E-state index contributed by atoms with van der Waals surface area (Å²) in [6.45, 7) is 0. The minimum atomic E-state index is -4.11. The third-order valence-electron chi connectivity index (χ3n) is 2.59. The first-order chi connectivity index (χ1) is 8.82. The summed E-state index contributed by atoms with van der Waals surface area (Å²) in [5, 5.41) is 8.50. The van der Waals surface area contributed by atoms with Crippen molar-refractivity contribution in [3.8, 4) is 5.75 Å². The van der Waals surface area contributed by atoms with E-state index in [1.807, 2.05) is 0 Å². The van der Waals surface area contributed by atoms with E-state index in [0.717, 1.165) is 31.0 Å². The number of alkyl halides is 2. The molecule has 0 aliphatic heterocycles. The Hall–Kier alpha value is -1.69. The Morgan fingerprint density at radius 2 is 2.00 bits per heavy atom. The van der Waals surface area contributed by atoms with Crippen molar-refractivity contribution in [1.82, 2.24) is 0 Å². The number of aliphatic carboxylic acids is 1. The molecule has 1 aromatic rings. The van der Waals surface area contributed by atoms with Gasteiger partial charge >= 0.3 is 17.7 Å². The molecule has 0 saturated heterocycles. The molecule has 2 rings (SSSR count). The van der Waals surface area contributed by atoms with Gasteiger partial charge in [-0.3, -0.25) is 4.79 Å². The Labute approximate surface area is 111 Å². The molecule has 1 fully saturated rings. The van der Waals surface area contributed by atoms with Crippen LogP contribution in [0.15, 0.2) is 18.2 Å². The van der Waals surface area contributed by atoms with Crippen molar-refractivity contribution in [3.05, 3.63) is 28.8 Å². The largest absolute Gasteiger partial charge is 0.489 e. The van der Waals surface area contributed by atoms with Crippen LogP contribution in [-0.2, 0) is 15.5 Å². The van der Waals surface area contributed by atoms with Crippen molar-refractivity contribution in [1.29, 1.82) is 0 Å². The Morgan fingerprint density at radius 3 is 2.53 bits per heavy atom. The third-order valence-corrected chi connectivity index (χ3v) is 2.90. The molecule has 0 unspecified atom stereocenters. The number of carboxylic acids is 1. The summed E-state index contributed by atoms with van der Waals surface area (Å²) in [7, 11) is 0. The summed E-state index contributed by atoms with van der Waals surface area (Å²) in [5.74, 6) is -8.46. The lowest BCUT2D eigenvalue weighted by atomic mass is 10.0. The standard InChI is InChI=1S/C12H9ClF2O4/c13-8-4-1-6(5-9(8)19-7-2-3-7)12(14,15)10(16)11(17)18/h1,4-5,7H,2-3H2,(H,17,18). The number of halogens is 3. The molecule has 0 spiro atoms. The quantitative estimate of drug-likeness (QED) is 0.847. The van der Waals surface area contributed by atoms with Crippen LogP contribution in [0.25, 0.3) is 0 Å². The van der Waals surface area contributed by atoms with E-state index < -0.39 is 23.2 Å². The van der Waals surface area contributed by atoms with Crippen molar-refractivity contribution in [2.24, 2.45) is 0 Å². The molecule has 1 aliphatic carbocycles. The van der Waals surface area contributed by atoms with Gasteiger partial charge in [0.2, 0.25) is 0 Å². The van der Waals surface area contributed by atoms with Crippen LogP contribution < -0.4 is 4.74 Å². The van der Waals surface area contributed by atoms with Crippen molar-refractivity contribution >= 4 is 23.4 Å². The lowest BCUT2D eigenvalue weighted by Gasteiger charge is -2.15. The van der Waals surface area contributed by atoms with Crippen molar-refractivity contribution in [3.63, 3.8) is 0 Å². The third kappa shape index (κ3) is 2.84. The number of benzene rings is 1. The van der Waals surface area contributed by atoms with E-state index in [9.17, 15) is 18.4 Å². The van der Waals surface area contributed by atoms with Gasteiger partial charge in [-0.1, -0.05) is 17.7 Å². The summed E-state index contributed by atoms with van der Waals surface area (Å²) in [6, 6.07) is 2.96. The predicted molar refractivity (Wildman–Crippen MR) is 61.6 cm³/mol. The average Bonchev–Trinajstić information content (AvgIpc) is 3.14. The van der Waals surface area contributed by atoms with Gasteiger partial charge in [-0.2, -0.15) is 8.78 Å². The molecule has 0 atom stereocenters. The summed E-state index contributed by atoms with van der Waals surface area (Å²) in [6.07, 6.45) is 1.56. The van der Waals surface area contributed by atoms with Crippen LogP contribution in [0.1, 0.15) is 18.4 Å². The highest BCUT2D eigenvalue weighted by Crippen LogP contribution is 2.37. The fourth-order valence-corrected chi connectivity index (χ4v) is 1.58. The fourth-order valence-electron chi connectivity index (χ4n) is 1.42. The Kier molecular flexibility index (Phi) is 3.45. The number of carboxylic acid groups (broad SMARTS) is 1. The van der Waals surface area contributed by atoms with Gasteiger partial charge in [0.1, 0.15) is 5.75 Å². The van der Waals surface area contributed by atoms with Crippen LogP contribution in [0, 0.1) is 0 Å². The zero-order chi connectivity index (χ0) is 14.2. The van der Waals surface area contributed by atoms with Crippen LogP contribution in [0.3, 0.4) is 0 Å². The van der Waals surface area contributed by atoms with Crippen LogP contribution in [0.4, 0.5) is 8.78 Å². The number of carbonyl (C=O) groups is 2. The molecule has 19 heavy (non-hydrogen) atoms. The van der Waals surface area contributed by atoms with Crippen LogP contribution in [-0.4, -0.2) is 23.0 Å². The molecular weight excluding hydrogens is 282 g/mol. The smallest absolute Gasteiger partial charge is 0.379 e. The normalized spacial score (nSPS) is 15.1. The van der Waals surface area contributed by atoms with Gasteiger partial charge in [-0.15, -0.1) is 0 Å². The number of hydrogen-bond acceptors (Lipinski definition) is 3. The number of hydrogen-bond donors (Lipinski definition) is 1. The molecule has 1 N–H and O–H groups in total. The van der Waals surface area contributed by atoms with E-state index in [0.29, 0.717) is 0 Å². The van der Waals surface area contributed by atoms with Gasteiger partial charge in [0, 0.05) is 5.56 Å². The zero-order valence-electron chi connectivity index (χ0n) is 9.53. The fraction of sp³-hybridized carbons (Fsp3) is 0.333. The van der Waals surface area contributed by atoms with Crippen LogP contribution in [0.2, 0.25) is 5.02 Å². The first-order valence-corrected chi connectivity index (χ1v) is 5.82. The van der Waals surface area contributed by atoms with Gasteiger partial charge in [0.25, 0.3) is 0 Å². The lowest BCUT2D eigenvalue weighted by Crippen LogP contribution is -2.32. The molecule has 0 radical (unpaired) electrons. The molecular formula is C12H9ClF2O4. The van der Waals surface area contributed by atoms with E-state index in [2.05, 4.69) is 0 Å². The van der Waals surface area contributed by atoms with Gasteiger partial charge in [0.05, 0.1) is 11.1 Å². The lowest BCUT2D eigenvalue weighted by molar-refractivity contribution is -0.163. The molecule has 0 heterocycles. The number of ketones is 1. The zero-order valence-corrected chi connectivity index (χ0v) is 10.3. The number of carbonyl (C=O) groups excluding carboxylic acids is 1. The van der Waals surface area contributed by atoms with E-state index in [1.165, 1.54) is 0 Å². The molecule has 1 aromatic carbocycles. The van der Waals surface area contributed by atoms with E-state index >= 15 is 0 Å². The first kappa shape index (κ1) is 13.7. The highest BCUT2D eigenvalue weighted by molar-refractivity contribution is 6.35. The predicted octanol–water partition coefficient (Wildman–Crippen LogP) is 2.63. The Morgan fingerprint density at radius 1 is 1.37 bits per heavy atom. The molecule has 0 aromatic heterocycles. The van der Waals surface area contributed by atoms with Gasteiger partial charge in [0.15, 0.2) is 0 Å². The van der Waals surface area contributed by atoms with Crippen LogP contribution in [0.5, 0.6) is 5.75 Å². The Balaban J connectivity index is 2.33. The maximum atomic E-state index is 13.6. The molecule has 4 nitrogen and oxygen atoms in total. The summed E-state index contributed by atoms with van der Waals surface area (Å²) in [5.41, 5.74) is -0.750. The molecule has 0 bridgehead atoms. The summed E-state index contributed by atoms with van der Waals surface area (Å²) in [4.78, 5) is 21.3. The van der Waals surface area contributed by atoms with Gasteiger partial charge in [-0.05, 0) is 25.0 Å². The minimum Gasteiger partial charge on any atom is -0.489 e. The number of ether oxygens (including phenoxy) is 1. The van der Waals surface area contributed by atoms with Gasteiger partial charge in [-0.25, -0.2) is 4.79 Å². The first-order valence-electron chi connectivity index (χ1n) is 5.44. The topological polar surface area (TPSA) is 63.6 Å². The monoisotopic (exact) mass is 290 g/mol. The summed E-state index contributed by atoms with van der Waals surface area (Å²) >= 11 is 5.79. The minimum absolute atomic E-state index is 0.0273. The SMILES string of the molecule is O=C(O)C(=O)C(F)(F)c1ccc(Cl)c(OC2CC2)c1. The van der Waals surface area contributed by atoms with Crippen molar-refractivity contribution < 1.29 is 28.2 Å². The molecule has 0 amide bonds. The highest BCUT2D eigenvalue weighted by Gasteiger charge is 2.45. The second-order valence-corrected chi connectivity index (χ2v) is 4.58. The van der Waals surface area contributed by atoms with E-state index in [1.54, 1.807) is 0 Å². The number of Topliss-reactive ketones (excluding diaryl/α,β-unsaturated/α-hetero) is 1. The molecule has 1 aliphatic rings. The maximum absolute atomic E-state index is 13.6. The molecule has 1 saturated carbocycles. The average molecular weight is 291 g/mol. The van der Waals surface area contributed by atoms with E-state index in [-0.39, 0.29) is 16.9 Å². The summed E-state index contributed by atoms with van der Waals surface area (Å²) < 4.78 is 32.6.